The standard InChI is InChI=1S/C22H27NO3/c24-21-14-13-20(26-21)22(25)23(15-16-7-2-1-3-8-16)19-12-6-10-17-9-4-5-11-18(17)19/h1-2,4-5,9,11,16,19-20H,3,6-8,10,12-15H2/t16-,19+,20-/m0/s1. The highest BCUT2D eigenvalue weighted by Gasteiger charge is 2.38. The smallest absolute Gasteiger partial charge is 0.306 e. The molecule has 0 spiro atoms. The van der Waals surface area contributed by atoms with Gasteiger partial charge >= 0.3 is 5.97 Å². The second kappa shape index (κ2) is 7.65. The number of rotatable bonds is 4. The molecular weight excluding hydrogens is 326 g/mol. The Morgan fingerprint density at radius 1 is 1.12 bits per heavy atom. The van der Waals surface area contributed by atoms with Crippen molar-refractivity contribution in [3.05, 3.63) is 47.5 Å². The summed E-state index contributed by atoms with van der Waals surface area (Å²) in [5, 5.41) is 0. The Morgan fingerprint density at radius 2 is 2.00 bits per heavy atom. The van der Waals surface area contributed by atoms with Crippen molar-refractivity contribution in [3.63, 3.8) is 0 Å². The van der Waals surface area contributed by atoms with E-state index in [9.17, 15) is 9.59 Å². The van der Waals surface area contributed by atoms with Gasteiger partial charge in [0.15, 0.2) is 6.10 Å². The van der Waals surface area contributed by atoms with Crippen LogP contribution in [0.25, 0.3) is 0 Å². The number of carbonyl (C=O) groups is 2. The van der Waals surface area contributed by atoms with Crippen molar-refractivity contribution in [2.75, 3.05) is 6.54 Å². The van der Waals surface area contributed by atoms with E-state index in [2.05, 4.69) is 36.4 Å². The molecule has 0 unspecified atom stereocenters. The van der Waals surface area contributed by atoms with E-state index in [-0.39, 0.29) is 17.9 Å². The van der Waals surface area contributed by atoms with E-state index >= 15 is 0 Å². The van der Waals surface area contributed by atoms with Crippen LogP contribution in [0.5, 0.6) is 0 Å². The molecule has 138 valence electrons. The van der Waals surface area contributed by atoms with Gasteiger partial charge in [-0.15, -0.1) is 0 Å². The Hall–Kier alpha value is -2.10. The van der Waals surface area contributed by atoms with Gasteiger partial charge < -0.3 is 9.64 Å². The Labute approximate surface area is 155 Å². The lowest BCUT2D eigenvalue weighted by Gasteiger charge is -2.39. The molecule has 1 saturated heterocycles. The summed E-state index contributed by atoms with van der Waals surface area (Å²) >= 11 is 0. The number of fused-ring (bicyclic) bond motifs is 1. The first-order valence-corrected chi connectivity index (χ1v) is 9.95. The van der Waals surface area contributed by atoms with Crippen LogP contribution in [-0.4, -0.2) is 29.4 Å². The molecule has 4 heteroatoms. The van der Waals surface area contributed by atoms with E-state index in [0.29, 0.717) is 18.8 Å². The van der Waals surface area contributed by atoms with Gasteiger partial charge in [0, 0.05) is 19.4 Å². The summed E-state index contributed by atoms with van der Waals surface area (Å²) < 4.78 is 5.33. The zero-order valence-electron chi connectivity index (χ0n) is 15.2. The van der Waals surface area contributed by atoms with Gasteiger partial charge in [0.2, 0.25) is 0 Å². The minimum Gasteiger partial charge on any atom is -0.452 e. The van der Waals surface area contributed by atoms with E-state index in [1.807, 2.05) is 4.90 Å². The number of cyclic esters (lactones) is 1. The van der Waals surface area contributed by atoms with E-state index in [1.54, 1.807) is 0 Å². The summed E-state index contributed by atoms with van der Waals surface area (Å²) in [5.74, 6) is 0.259. The number of aryl methyl sites for hydroxylation is 1. The number of carbonyl (C=O) groups excluding carboxylic acids is 2. The first-order valence-electron chi connectivity index (χ1n) is 9.95. The summed E-state index contributed by atoms with van der Waals surface area (Å²) in [4.78, 5) is 26.9. The van der Waals surface area contributed by atoms with E-state index in [0.717, 1.165) is 45.1 Å². The molecule has 1 heterocycles. The summed E-state index contributed by atoms with van der Waals surface area (Å²) in [6.07, 6.45) is 11.2. The monoisotopic (exact) mass is 353 g/mol. The van der Waals surface area contributed by atoms with Crippen molar-refractivity contribution >= 4 is 11.9 Å². The van der Waals surface area contributed by atoms with Crippen molar-refractivity contribution in [3.8, 4) is 0 Å². The fourth-order valence-corrected chi connectivity index (χ4v) is 4.61. The van der Waals surface area contributed by atoms with Gasteiger partial charge in [-0.2, -0.15) is 0 Å². The average molecular weight is 353 g/mol. The molecule has 0 radical (unpaired) electrons. The molecule has 4 rings (SSSR count). The SMILES string of the molecule is O=C1CC[C@@H](C(=O)N(C[C@H]2CC=CCC2)[C@@H]2CCCc3ccccc32)O1. The van der Waals surface area contributed by atoms with Crippen LogP contribution in [-0.2, 0) is 20.7 Å². The van der Waals surface area contributed by atoms with Crippen LogP contribution < -0.4 is 0 Å². The molecule has 1 aromatic carbocycles. The van der Waals surface area contributed by atoms with Crippen LogP contribution >= 0.6 is 0 Å². The lowest BCUT2D eigenvalue weighted by atomic mass is 9.85. The Balaban J connectivity index is 1.61. The number of hydrogen-bond donors (Lipinski definition) is 0. The molecule has 2 aliphatic carbocycles. The quantitative estimate of drug-likeness (QED) is 0.608. The number of allylic oxidation sites excluding steroid dienone is 2. The highest BCUT2D eigenvalue weighted by molar-refractivity contribution is 5.87. The van der Waals surface area contributed by atoms with Crippen LogP contribution in [0.2, 0.25) is 0 Å². The number of esters is 1. The van der Waals surface area contributed by atoms with E-state index < -0.39 is 6.10 Å². The summed E-state index contributed by atoms with van der Waals surface area (Å²) in [6, 6.07) is 8.61. The molecule has 0 N–H and O–H groups in total. The Morgan fingerprint density at radius 3 is 2.77 bits per heavy atom. The molecule has 26 heavy (non-hydrogen) atoms. The molecule has 3 aliphatic rings. The number of nitrogens with zero attached hydrogens (tertiary/aromatic N) is 1. The topological polar surface area (TPSA) is 46.6 Å². The zero-order chi connectivity index (χ0) is 17.9. The van der Waals surface area contributed by atoms with Gasteiger partial charge in [-0.05, 0) is 55.6 Å². The maximum atomic E-state index is 13.3. The van der Waals surface area contributed by atoms with Gasteiger partial charge in [0.1, 0.15) is 0 Å². The molecule has 0 aromatic heterocycles. The fraction of sp³-hybridized carbons (Fsp3) is 0.545. The Kier molecular flexibility index (Phi) is 5.09. The maximum Gasteiger partial charge on any atom is 0.306 e. The van der Waals surface area contributed by atoms with Gasteiger partial charge in [-0.3, -0.25) is 9.59 Å². The predicted molar refractivity (Wildman–Crippen MR) is 99.4 cm³/mol. The molecule has 3 atom stereocenters. The molecule has 1 fully saturated rings. The van der Waals surface area contributed by atoms with Crippen LogP contribution in [0.15, 0.2) is 36.4 Å². The van der Waals surface area contributed by atoms with Gasteiger partial charge in [-0.25, -0.2) is 0 Å². The van der Waals surface area contributed by atoms with Crippen LogP contribution in [0.3, 0.4) is 0 Å². The van der Waals surface area contributed by atoms with Gasteiger partial charge in [-0.1, -0.05) is 36.4 Å². The number of benzene rings is 1. The number of amides is 1. The van der Waals surface area contributed by atoms with Gasteiger partial charge in [0.25, 0.3) is 5.91 Å². The molecule has 0 bridgehead atoms. The first kappa shape index (κ1) is 17.3. The highest BCUT2D eigenvalue weighted by Crippen LogP contribution is 2.37. The molecule has 1 aromatic rings. The molecule has 1 aliphatic heterocycles. The Bertz CT molecular complexity index is 711. The normalized spacial score (nSPS) is 27.7. The molecular formula is C22H27NO3. The second-order valence-electron chi connectivity index (χ2n) is 7.77. The van der Waals surface area contributed by atoms with Crippen molar-refractivity contribution in [2.24, 2.45) is 5.92 Å². The maximum absolute atomic E-state index is 13.3. The predicted octanol–water partition coefficient (Wildman–Crippen LogP) is 3.95. The third-order valence-electron chi connectivity index (χ3n) is 5.99. The van der Waals surface area contributed by atoms with Crippen molar-refractivity contribution < 1.29 is 14.3 Å². The summed E-state index contributed by atoms with van der Waals surface area (Å²) in [7, 11) is 0. The highest BCUT2D eigenvalue weighted by atomic mass is 16.6. The van der Waals surface area contributed by atoms with Crippen molar-refractivity contribution in [1.82, 2.24) is 4.90 Å². The molecule has 0 saturated carbocycles. The van der Waals surface area contributed by atoms with Crippen molar-refractivity contribution in [2.45, 2.75) is 63.5 Å². The summed E-state index contributed by atoms with van der Waals surface area (Å²) in [6.45, 7) is 0.760. The lowest BCUT2D eigenvalue weighted by molar-refractivity contribution is -0.155. The van der Waals surface area contributed by atoms with E-state index in [1.165, 1.54) is 11.1 Å². The zero-order valence-corrected chi connectivity index (χ0v) is 15.2. The number of hydrogen-bond acceptors (Lipinski definition) is 3. The van der Waals surface area contributed by atoms with E-state index in [4.69, 9.17) is 4.74 Å². The van der Waals surface area contributed by atoms with Crippen molar-refractivity contribution in [1.29, 1.82) is 0 Å². The molecule has 1 amide bonds. The molecule has 4 nitrogen and oxygen atoms in total. The summed E-state index contributed by atoms with van der Waals surface area (Å²) in [5.41, 5.74) is 2.64. The second-order valence-corrected chi connectivity index (χ2v) is 7.77. The fourth-order valence-electron chi connectivity index (χ4n) is 4.61. The average Bonchev–Trinajstić information content (AvgIpc) is 3.12. The minimum atomic E-state index is -0.587. The largest absolute Gasteiger partial charge is 0.452 e. The third-order valence-corrected chi connectivity index (χ3v) is 5.99. The van der Waals surface area contributed by atoms with Crippen LogP contribution in [0.4, 0.5) is 0 Å². The lowest BCUT2D eigenvalue weighted by Crippen LogP contribution is -2.45. The van der Waals surface area contributed by atoms with Crippen LogP contribution in [0, 0.1) is 5.92 Å². The first-order chi connectivity index (χ1) is 12.7. The minimum absolute atomic E-state index is 0.00658. The van der Waals surface area contributed by atoms with Crippen LogP contribution in [0.1, 0.15) is 62.1 Å². The third kappa shape index (κ3) is 3.55. The number of ether oxygens (including phenoxy) is 1. The van der Waals surface area contributed by atoms with Gasteiger partial charge in [0.05, 0.1) is 6.04 Å².